The van der Waals surface area contributed by atoms with Crippen LogP contribution in [0.25, 0.3) is 0 Å². The molecule has 0 radical (unpaired) electrons. The fraction of sp³-hybridized carbons (Fsp3) is 0.316. The number of halogens is 1. The number of amides is 1. The molecule has 0 unspecified atom stereocenters. The standard InChI is InChI=1S/C19H23ClN2O3S2/c1-14-4-7-17(12-15(14)2)22(27(3,24)25)13-19(23)21-10-11-26-18-8-5-16(20)6-9-18/h4-9,12H,10-11,13H2,1-3H3,(H,21,23). The average Bonchev–Trinajstić information content (AvgIpc) is 2.60. The molecule has 0 heterocycles. The third-order valence-electron chi connectivity index (χ3n) is 3.97. The Labute approximate surface area is 170 Å². The fourth-order valence-corrected chi connectivity index (χ4v) is 4.10. The lowest BCUT2D eigenvalue weighted by Gasteiger charge is -2.22. The van der Waals surface area contributed by atoms with Gasteiger partial charge in [-0.15, -0.1) is 11.8 Å². The number of sulfonamides is 1. The third kappa shape index (κ3) is 6.75. The number of nitrogens with one attached hydrogen (secondary N) is 1. The molecule has 146 valence electrons. The number of benzene rings is 2. The molecule has 0 fully saturated rings. The summed E-state index contributed by atoms with van der Waals surface area (Å²) in [7, 11) is -3.57. The first-order chi connectivity index (χ1) is 12.7. The molecule has 8 heteroatoms. The Morgan fingerprint density at radius 3 is 2.37 bits per heavy atom. The molecule has 0 saturated carbocycles. The molecule has 1 amide bonds. The average molecular weight is 427 g/mol. The summed E-state index contributed by atoms with van der Waals surface area (Å²) in [5, 5.41) is 3.45. The predicted octanol–water partition coefficient (Wildman–Crippen LogP) is 3.63. The molecule has 0 bridgehead atoms. The SMILES string of the molecule is Cc1ccc(N(CC(=O)NCCSc2ccc(Cl)cc2)S(C)(=O)=O)cc1C. The van der Waals surface area contributed by atoms with Crippen LogP contribution >= 0.6 is 23.4 Å². The number of nitrogens with zero attached hydrogens (tertiary/aromatic N) is 1. The summed E-state index contributed by atoms with van der Waals surface area (Å²) in [6.45, 7) is 4.06. The van der Waals surface area contributed by atoms with Crippen molar-refractivity contribution in [1.82, 2.24) is 5.32 Å². The summed E-state index contributed by atoms with van der Waals surface area (Å²) < 4.78 is 25.4. The van der Waals surface area contributed by atoms with E-state index in [9.17, 15) is 13.2 Å². The zero-order valence-corrected chi connectivity index (χ0v) is 17.9. The molecule has 1 N–H and O–H groups in total. The van der Waals surface area contributed by atoms with E-state index in [1.165, 1.54) is 0 Å². The Morgan fingerprint density at radius 2 is 1.78 bits per heavy atom. The number of hydrogen-bond donors (Lipinski definition) is 1. The number of rotatable bonds is 8. The highest BCUT2D eigenvalue weighted by Crippen LogP contribution is 2.21. The second-order valence-electron chi connectivity index (χ2n) is 6.19. The van der Waals surface area contributed by atoms with Crippen LogP contribution in [0.2, 0.25) is 5.02 Å². The van der Waals surface area contributed by atoms with E-state index in [1.807, 2.05) is 44.2 Å². The van der Waals surface area contributed by atoms with Crippen LogP contribution in [0.15, 0.2) is 47.4 Å². The molecule has 2 aromatic rings. The van der Waals surface area contributed by atoms with Gasteiger partial charge >= 0.3 is 0 Å². The lowest BCUT2D eigenvalue weighted by molar-refractivity contribution is -0.119. The lowest BCUT2D eigenvalue weighted by atomic mass is 10.1. The summed E-state index contributed by atoms with van der Waals surface area (Å²) in [4.78, 5) is 13.3. The fourth-order valence-electron chi connectivity index (χ4n) is 2.36. The number of aryl methyl sites for hydroxylation is 2. The largest absolute Gasteiger partial charge is 0.354 e. The zero-order chi connectivity index (χ0) is 20.0. The first-order valence-electron chi connectivity index (χ1n) is 8.37. The molecule has 0 spiro atoms. The van der Waals surface area contributed by atoms with E-state index < -0.39 is 10.0 Å². The van der Waals surface area contributed by atoms with Crippen molar-refractivity contribution in [3.05, 3.63) is 58.6 Å². The van der Waals surface area contributed by atoms with Crippen molar-refractivity contribution in [2.24, 2.45) is 0 Å². The van der Waals surface area contributed by atoms with E-state index in [1.54, 1.807) is 23.9 Å². The van der Waals surface area contributed by atoms with Gasteiger partial charge in [-0.05, 0) is 61.4 Å². The van der Waals surface area contributed by atoms with Gasteiger partial charge in [0.05, 0.1) is 11.9 Å². The van der Waals surface area contributed by atoms with Crippen LogP contribution < -0.4 is 9.62 Å². The molecule has 0 aliphatic carbocycles. The molecular weight excluding hydrogens is 404 g/mol. The van der Waals surface area contributed by atoms with Crippen LogP contribution in [0.4, 0.5) is 5.69 Å². The van der Waals surface area contributed by atoms with Crippen LogP contribution in [0, 0.1) is 13.8 Å². The molecule has 27 heavy (non-hydrogen) atoms. The maximum absolute atomic E-state index is 12.2. The number of carbonyl (C=O) groups excluding carboxylic acids is 1. The van der Waals surface area contributed by atoms with Gasteiger partial charge in [0.1, 0.15) is 6.54 Å². The summed E-state index contributed by atoms with van der Waals surface area (Å²) in [5.41, 5.74) is 2.53. The van der Waals surface area contributed by atoms with Crippen molar-refractivity contribution in [3.8, 4) is 0 Å². The third-order valence-corrected chi connectivity index (χ3v) is 6.38. The first kappa shape index (κ1) is 21.6. The van der Waals surface area contributed by atoms with E-state index in [2.05, 4.69) is 5.32 Å². The van der Waals surface area contributed by atoms with Gasteiger partial charge < -0.3 is 5.32 Å². The maximum atomic E-state index is 12.2. The highest BCUT2D eigenvalue weighted by molar-refractivity contribution is 7.99. The van der Waals surface area contributed by atoms with Gasteiger partial charge in [0.2, 0.25) is 15.9 Å². The Morgan fingerprint density at radius 1 is 1.11 bits per heavy atom. The van der Waals surface area contributed by atoms with Gasteiger partial charge in [0, 0.05) is 22.2 Å². The molecule has 2 rings (SSSR count). The number of thioether (sulfide) groups is 1. The Hall–Kier alpha value is -1.70. The van der Waals surface area contributed by atoms with E-state index in [0.29, 0.717) is 23.0 Å². The number of anilines is 1. The quantitative estimate of drug-likeness (QED) is 0.517. The van der Waals surface area contributed by atoms with Crippen LogP contribution in [0.1, 0.15) is 11.1 Å². The summed E-state index contributed by atoms with van der Waals surface area (Å²) in [6, 6.07) is 12.8. The van der Waals surface area contributed by atoms with Gasteiger partial charge in [-0.3, -0.25) is 9.10 Å². The van der Waals surface area contributed by atoms with Gasteiger partial charge in [-0.25, -0.2) is 8.42 Å². The van der Waals surface area contributed by atoms with Crippen molar-refractivity contribution in [3.63, 3.8) is 0 Å². The molecule has 0 aliphatic heterocycles. The minimum absolute atomic E-state index is 0.243. The van der Waals surface area contributed by atoms with E-state index in [4.69, 9.17) is 11.6 Å². The number of hydrogen-bond acceptors (Lipinski definition) is 4. The van der Waals surface area contributed by atoms with Gasteiger partial charge in [0.15, 0.2) is 0 Å². The van der Waals surface area contributed by atoms with Crippen LogP contribution in [-0.2, 0) is 14.8 Å². The smallest absolute Gasteiger partial charge is 0.240 e. The van der Waals surface area contributed by atoms with Crippen molar-refractivity contribution < 1.29 is 13.2 Å². The maximum Gasteiger partial charge on any atom is 0.240 e. The topological polar surface area (TPSA) is 66.5 Å². The highest BCUT2D eigenvalue weighted by atomic mass is 35.5. The van der Waals surface area contributed by atoms with Gasteiger partial charge in [-0.1, -0.05) is 17.7 Å². The van der Waals surface area contributed by atoms with Gasteiger partial charge in [0.25, 0.3) is 0 Å². The minimum atomic E-state index is -3.57. The minimum Gasteiger partial charge on any atom is -0.354 e. The second kappa shape index (κ2) is 9.48. The van der Waals surface area contributed by atoms with Crippen LogP contribution in [0.3, 0.4) is 0 Å². The molecule has 0 atom stereocenters. The summed E-state index contributed by atoms with van der Waals surface area (Å²) in [5.74, 6) is 0.339. The van der Waals surface area contributed by atoms with E-state index >= 15 is 0 Å². The van der Waals surface area contributed by atoms with Crippen LogP contribution in [-0.4, -0.2) is 39.4 Å². The second-order valence-corrected chi connectivity index (χ2v) is 9.70. The molecule has 5 nitrogen and oxygen atoms in total. The Bertz CT molecular complexity index is 900. The predicted molar refractivity (Wildman–Crippen MR) is 113 cm³/mol. The van der Waals surface area contributed by atoms with E-state index in [0.717, 1.165) is 26.6 Å². The van der Waals surface area contributed by atoms with Crippen LogP contribution in [0.5, 0.6) is 0 Å². The normalized spacial score (nSPS) is 11.3. The highest BCUT2D eigenvalue weighted by Gasteiger charge is 2.21. The zero-order valence-electron chi connectivity index (χ0n) is 15.5. The summed E-state index contributed by atoms with van der Waals surface area (Å²) >= 11 is 7.44. The molecular formula is C19H23ClN2O3S2. The molecule has 0 aliphatic rings. The first-order valence-corrected chi connectivity index (χ1v) is 11.6. The van der Waals surface area contributed by atoms with Crippen molar-refractivity contribution in [2.75, 3.05) is 29.4 Å². The van der Waals surface area contributed by atoms with Gasteiger partial charge in [-0.2, -0.15) is 0 Å². The summed E-state index contributed by atoms with van der Waals surface area (Å²) in [6.07, 6.45) is 1.10. The van der Waals surface area contributed by atoms with Crippen molar-refractivity contribution in [1.29, 1.82) is 0 Å². The molecule has 2 aromatic carbocycles. The lowest BCUT2D eigenvalue weighted by Crippen LogP contribution is -2.41. The molecule has 0 aromatic heterocycles. The van der Waals surface area contributed by atoms with Crippen molar-refractivity contribution in [2.45, 2.75) is 18.7 Å². The van der Waals surface area contributed by atoms with Crippen molar-refractivity contribution >= 4 is 45.0 Å². The number of carbonyl (C=O) groups is 1. The Kier molecular flexibility index (Phi) is 7.59. The Balaban J connectivity index is 1.92. The molecule has 0 saturated heterocycles. The van der Waals surface area contributed by atoms with E-state index in [-0.39, 0.29) is 12.5 Å². The monoisotopic (exact) mass is 426 g/mol.